The van der Waals surface area contributed by atoms with Gasteiger partial charge in [0.25, 0.3) is 5.56 Å². The van der Waals surface area contributed by atoms with Crippen LogP contribution >= 0.6 is 0 Å². The van der Waals surface area contributed by atoms with Gasteiger partial charge < -0.3 is 4.90 Å². The van der Waals surface area contributed by atoms with E-state index in [1.54, 1.807) is 17.0 Å². The summed E-state index contributed by atoms with van der Waals surface area (Å²) in [5, 5.41) is 0.552. The first-order valence-corrected chi connectivity index (χ1v) is 7.93. The third-order valence-electron chi connectivity index (χ3n) is 4.34. The Bertz CT molecular complexity index is 908. The van der Waals surface area contributed by atoms with Crippen molar-refractivity contribution in [1.29, 1.82) is 0 Å². The zero-order valence-corrected chi connectivity index (χ0v) is 13.1. The summed E-state index contributed by atoms with van der Waals surface area (Å²) in [6.07, 6.45) is 5.80. The fraction of sp³-hybridized carbons (Fsp3) is 0.278. The van der Waals surface area contributed by atoms with Gasteiger partial charge in [0, 0.05) is 31.2 Å². The topological polar surface area (TPSA) is 51.0 Å². The van der Waals surface area contributed by atoms with E-state index in [0.29, 0.717) is 10.9 Å². The second-order valence-corrected chi connectivity index (χ2v) is 5.99. The fourth-order valence-electron chi connectivity index (χ4n) is 3.00. The standard InChI is InChI=1S/C18H18N4O/c1-13-4-6-14(7-5-13)22-11-8-16-15(17(22)23)12-19-18(20-16)21-9-2-3-10-21/h4-8,11-12H,2-3,9-10H2,1H3. The lowest BCUT2D eigenvalue weighted by atomic mass is 10.2. The number of aromatic nitrogens is 3. The average Bonchev–Trinajstić information content (AvgIpc) is 3.10. The molecule has 0 aliphatic carbocycles. The van der Waals surface area contributed by atoms with E-state index in [2.05, 4.69) is 14.9 Å². The highest BCUT2D eigenvalue weighted by Gasteiger charge is 2.16. The van der Waals surface area contributed by atoms with Gasteiger partial charge in [0.15, 0.2) is 0 Å². The highest BCUT2D eigenvalue weighted by Crippen LogP contribution is 2.18. The Balaban J connectivity index is 1.80. The van der Waals surface area contributed by atoms with Gasteiger partial charge in [-0.1, -0.05) is 17.7 Å². The molecule has 4 rings (SSSR count). The third kappa shape index (κ3) is 2.48. The molecule has 3 aromatic rings. The molecule has 0 unspecified atom stereocenters. The first-order valence-electron chi connectivity index (χ1n) is 7.93. The molecular weight excluding hydrogens is 288 g/mol. The van der Waals surface area contributed by atoms with E-state index >= 15 is 0 Å². The van der Waals surface area contributed by atoms with Crippen LogP contribution in [0.3, 0.4) is 0 Å². The molecule has 1 aliphatic heterocycles. The molecule has 1 aromatic carbocycles. The van der Waals surface area contributed by atoms with E-state index in [4.69, 9.17) is 0 Å². The number of hydrogen-bond donors (Lipinski definition) is 0. The number of hydrogen-bond acceptors (Lipinski definition) is 4. The maximum Gasteiger partial charge on any atom is 0.266 e. The Hall–Kier alpha value is -2.69. The lowest BCUT2D eigenvalue weighted by Crippen LogP contribution is -2.22. The summed E-state index contributed by atoms with van der Waals surface area (Å²) in [7, 11) is 0. The van der Waals surface area contributed by atoms with Gasteiger partial charge >= 0.3 is 0 Å². The van der Waals surface area contributed by atoms with Crippen LogP contribution in [0, 0.1) is 6.92 Å². The molecule has 5 nitrogen and oxygen atoms in total. The minimum atomic E-state index is -0.0840. The second kappa shape index (κ2) is 5.50. The van der Waals surface area contributed by atoms with Crippen LogP contribution in [0.2, 0.25) is 0 Å². The van der Waals surface area contributed by atoms with E-state index in [-0.39, 0.29) is 5.56 Å². The van der Waals surface area contributed by atoms with Gasteiger partial charge in [-0.2, -0.15) is 0 Å². The normalized spacial score (nSPS) is 14.6. The summed E-state index contributed by atoms with van der Waals surface area (Å²) in [5.41, 5.74) is 2.64. The fourth-order valence-corrected chi connectivity index (χ4v) is 3.00. The molecule has 0 radical (unpaired) electrons. The summed E-state index contributed by atoms with van der Waals surface area (Å²) < 4.78 is 1.64. The Labute approximate surface area is 134 Å². The molecule has 3 heterocycles. The van der Waals surface area contributed by atoms with Crippen LogP contribution < -0.4 is 10.5 Å². The molecule has 5 heteroatoms. The van der Waals surface area contributed by atoms with E-state index in [1.165, 1.54) is 18.4 Å². The van der Waals surface area contributed by atoms with Crippen LogP contribution in [0.1, 0.15) is 18.4 Å². The minimum absolute atomic E-state index is 0.0840. The van der Waals surface area contributed by atoms with Crippen LogP contribution in [-0.4, -0.2) is 27.6 Å². The molecular formula is C18H18N4O. The molecule has 1 fully saturated rings. The van der Waals surface area contributed by atoms with Crippen LogP contribution in [0.25, 0.3) is 16.6 Å². The molecule has 116 valence electrons. The Morgan fingerprint density at radius 3 is 2.52 bits per heavy atom. The Morgan fingerprint density at radius 1 is 1.04 bits per heavy atom. The van der Waals surface area contributed by atoms with Gasteiger partial charge in [0.1, 0.15) is 0 Å². The molecule has 1 aliphatic rings. The zero-order chi connectivity index (χ0) is 15.8. The molecule has 0 saturated carbocycles. The number of aryl methyl sites for hydroxylation is 1. The summed E-state index contributed by atoms with van der Waals surface area (Å²) in [6.45, 7) is 4.01. The van der Waals surface area contributed by atoms with E-state index in [0.717, 1.165) is 24.7 Å². The molecule has 0 N–H and O–H groups in total. The van der Waals surface area contributed by atoms with Crippen LogP contribution in [0.15, 0.2) is 47.5 Å². The van der Waals surface area contributed by atoms with Gasteiger partial charge in [-0.05, 0) is 38.0 Å². The Morgan fingerprint density at radius 2 is 1.78 bits per heavy atom. The van der Waals surface area contributed by atoms with Gasteiger partial charge in [0.2, 0.25) is 5.95 Å². The largest absolute Gasteiger partial charge is 0.341 e. The maximum absolute atomic E-state index is 12.7. The highest BCUT2D eigenvalue weighted by molar-refractivity contribution is 5.78. The van der Waals surface area contributed by atoms with Crippen molar-refractivity contribution in [2.75, 3.05) is 18.0 Å². The number of anilines is 1. The number of nitrogens with zero attached hydrogens (tertiary/aromatic N) is 4. The van der Waals surface area contributed by atoms with Crippen molar-refractivity contribution in [3.63, 3.8) is 0 Å². The third-order valence-corrected chi connectivity index (χ3v) is 4.34. The monoisotopic (exact) mass is 306 g/mol. The molecule has 0 atom stereocenters. The summed E-state index contributed by atoms with van der Waals surface area (Å²) in [6, 6.07) is 9.78. The molecule has 0 bridgehead atoms. The smallest absolute Gasteiger partial charge is 0.266 e. The molecule has 0 spiro atoms. The number of pyridine rings is 1. The predicted molar refractivity (Wildman–Crippen MR) is 91.3 cm³/mol. The lowest BCUT2D eigenvalue weighted by molar-refractivity contribution is 0.904. The van der Waals surface area contributed by atoms with Gasteiger partial charge in [-0.25, -0.2) is 9.97 Å². The number of benzene rings is 1. The van der Waals surface area contributed by atoms with E-state index in [1.807, 2.05) is 37.3 Å². The predicted octanol–water partition coefficient (Wildman–Crippen LogP) is 2.69. The minimum Gasteiger partial charge on any atom is -0.341 e. The van der Waals surface area contributed by atoms with Crippen molar-refractivity contribution in [3.05, 3.63) is 58.6 Å². The van der Waals surface area contributed by atoms with E-state index in [9.17, 15) is 4.79 Å². The first kappa shape index (κ1) is 13.9. The molecule has 1 saturated heterocycles. The van der Waals surface area contributed by atoms with Crippen molar-refractivity contribution >= 4 is 16.9 Å². The van der Waals surface area contributed by atoms with Crippen molar-refractivity contribution in [2.45, 2.75) is 19.8 Å². The first-order chi connectivity index (χ1) is 11.2. The van der Waals surface area contributed by atoms with Crippen molar-refractivity contribution in [2.24, 2.45) is 0 Å². The van der Waals surface area contributed by atoms with Crippen LogP contribution in [-0.2, 0) is 0 Å². The zero-order valence-electron chi connectivity index (χ0n) is 13.1. The summed E-state index contributed by atoms with van der Waals surface area (Å²) in [5.74, 6) is 0.725. The molecule has 0 amide bonds. The number of fused-ring (bicyclic) bond motifs is 1. The van der Waals surface area contributed by atoms with Crippen molar-refractivity contribution in [3.8, 4) is 5.69 Å². The summed E-state index contributed by atoms with van der Waals surface area (Å²) >= 11 is 0. The van der Waals surface area contributed by atoms with Crippen molar-refractivity contribution in [1.82, 2.24) is 14.5 Å². The van der Waals surface area contributed by atoms with Crippen molar-refractivity contribution < 1.29 is 0 Å². The van der Waals surface area contributed by atoms with Crippen LogP contribution in [0.4, 0.5) is 5.95 Å². The van der Waals surface area contributed by atoms with Gasteiger partial charge in [-0.15, -0.1) is 0 Å². The van der Waals surface area contributed by atoms with Gasteiger partial charge in [0.05, 0.1) is 10.9 Å². The van der Waals surface area contributed by atoms with Crippen LogP contribution in [0.5, 0.6) is 0 Å². The average molecular weight is 306 g/mol. The SMILES string of the molecule is Cc1ccc(-n2ccc3nc(N4CCCC4)ncc3c2=O)cc1. The molecule has 23 heavy (non-hydrogen) atoms. The quantitative estimate of drug-likeness (QED) is 0.730. The number of rotatable bonds is 2. The van der Waals surface area contributed by atoms with E-state index < -0.39 is 0 Å². The lowest BCUT2D eigenvalue weighted by Gasteiger charge is -2.15. The highest BCUT2D eigenvalue weighted by atomic mass is 16.1. The second-order valence-electron chi connectivity index (χ2n) is 5.99. The summed E-state index contributed by atoms with van der Waals surface area (Å²) in [4.78, 5) is 23.9. The van der Waals surface area contributed by atoms with Gasteiger partial charge in [-0.3, -0.25) is 9.36 Å². The molecule has 2 aromatic heterocycles. The maximum atomic E-state index is 12.7. The Kier molecular flexibility index (Phi) is 3.33.